The first-order valence-electron chi connectivity index (χ1n) is 7.84. The Kier molecular flexibility index (Phi) is 6.42. The minimum absolute atomic E-state index is 0.0349. The molecule has 1 N–H and O–H groups in total. The molecule has 23 heavy (non-hydrogen) atoms. The van der Waals surface area contributed by atoms with Crippen LogP contribution in [-0.2, 0) is 20.9 Å². The van der Waals surface area contributed by atoms with Gasteiger partial charge in [0.25, 0.3) is 0 Å². The minimum Gasteiger partial charge on any atom is -0.383 e. The number of nitrogens with zero attached hydrogens (tertiary/aromatic N) is 1. The zero-order chi connectivity index (χ0) is 16.8. The molecule has 0 aromatic heterocycles. The number of methoxy groups -OCH3 is 1. The van der Waals surface area contributed by atoms with Crippen LogP contribution in [0.1, 0.15) is 25.3 Å². The minimum atomic E-state index is -0.202. The van der Waals surface area contributed by atoms with Crippen LogP contribution >= 0.6 is 11.6 Å². The summed E-state index contributed by atoms with van der Waals surface area (Å²) < 4.78 is 5.05. The first-order chi connectivity index (χ1) is 11.0. The Bertz CT molecular complexity index is 565. The zero-order valence-corrected chi connectivity index (χ0v) is 14.3. The van der Waals surface area contributed by atoms with E-state index in [1.54, 1.807) is 18.1 Å². The summed E-state index contributed by atoms with van der Waals surface area (Å²) in [6.07, 6.45) is 0.982. The Morgan fingerprint density at radius 1 is 1.43 bits per heavy atom. The van der Waals surface area contributed by atoms with E-state index in [2.05, 4.69) is 5.32 Å². The van der Waals surface area contributed by atoms with Crippen LogP contribution in [0, 0.1) is 5.92 Å². The Morgan fingerprint density at radius 3 is 2.87 bits per heavy atom. The maximum Gasteiger partial charge on any atom is 0.225 e. The predicted octanol–water partition coefficient (Wildman–Crippen LogP) is 2.23. The van der Waals surface area contributed by atoms with Crippen LogP contribution in [0.5, 0.6) is 0 Å². The van der Waals surface area contributed by atoms with E-state index in [0.29, 0.717) is 37.6 Å². The molecular formula is C17H23ClN2O3. The number of amides is 2. The highest BCUT2D eigenvalue weighted by Gasteiger charge is 2.36. The van der Waals surface area contributed by atoms with Gasteiger partial charge in [0.05, 0.1) is 12.5 Å². The summed E-state index contributed by atoms with van der Waals surface area (Å²) in [6.45, 7) is 3.31. The summed E-state index contributed by atoms with van der Waals surface area (Å²) in [5.41, 5.74) is 0.887. The topological polar surface area (TPSA) is 58.6 Å². The molecule has 1 aliphatic heterocycles. The Hall–Kier alpha value is -1.59. The number of nitrogens with one attached hydrogen (secondary N) is 1. The number of hydrogen-bond acceptors (Lipinski definition) is 3. The van der Waals surface area contributed by atoms with Gasteiger partial charge >= 0.3 is 0 Å². The van der Waals surface area contributed by atoms with E-state index in [0.717, 1.165) is 5.56 Å². The van der Waals surface area contributed by atoms with Gasteiger partial charge in [0.1, 0.15) is 0 Å². The van der Waals surface area contributed by atoms with Crippen molar-refractivity contribution in [1.82, 2.24) is 10.2 Å². The molecule has 1 heterocycles. The second-order valence-electron chi connectivity index (χ2n) is 5.77. The third-order valence-electron chi connectivity index (χ3n) is 4.35. The van der Waals surface area contributed by atoms with Gasteiger partial charge in [0.2, 0.25) is 11.8 Å². The van der Waals surface area contributed by atoms with E-state index in [1.807, 2.05) is 25.1 Å². The molecule has 0 unspecified atom stereocenters. The fraction of sp³-hybridized carbons (Fsp3) is 0.529. The van der Waals surface area contributed by atoms with Gasteiger partial charge in [-0.2, -0.15) is 0 Å². The number of carbonyl (C=O) groups excluding carboxylic acids is 2. The highest BCUT2D eigenvalue weighted by Crippen LogP contribution is 2.25. The van der Waals surface area contributed by atoms with Crippen molar-refractivity contribution in [1.29, 1.82) is 0 Å². The number of rotatable bonds is 6. The standard InChI is InChI=1S/C17H23ClN2O3/c1-12-14(7-8-16(21)20(12)9-10-23-2)17(22)19-11-13-5-3-4-6-15(13)18/h3-6,12,14H,7-11H2,1-2H3,(H,19,22)/t12-,14-/m1/s1. The molecule has 2 atom stereocenters. The van der Waals surface area contributed by atoms with Crippen molar-refractivity contribution in [2.75, 3.05) is 20.3 Å². The molecule has 0 bridgehead atoms. The summed E-state index contributed by atoms with van der Waals surface area (Å²) in [4.78, 5) is 26.3. The van der Waals surface area contributed by atoms with Gasteiger partial charge in [-0.1, -0.05) is 29.8 Å². The monoisotopic (exact) mass is 338 g/mol. The lowest BCUT2D eigenvalue weighted by Crippen LogP contribution is -2.52. The van der Waals surface area contributed by atoms with Gasteiger partial charge in [0.15, 0.2) is 0 Å². The lowest BCUT2D eigenvalue weighted by molar-refractivity contribution is -0.143. The summed E-state index contributed by atoms with van der Waals surface area (Å²) in [7, 11) is 1.60. The first-order valence-corrected chi connectivity index (χ1v) is 8.22. The van der Waals surface area contributed by atoms with Crippen molar-refractivity contribution in [2.45, 2.75) is 32.4 Å². The molecule has 1 aliphatic rings. The lowest BCUT2D eigenvalue weighted by atomic mass is 9.89. The fourth-order valence-electron chi connectivity index (χ4n) is 2.93. The van der Waals surface area contributed by atoms with Crippen molar-refractivity contribution in [3.05, 3.63) is 34.9 Å². The molecule has 6 heteroatoms. The van der Waals surface area contributed by atoms with Gasteiger partial charge < -0.3 is 15.0 Å². The third-order valence-corrected chi connectivity index (χ3v) is 4.72. The van der Waals surface area contributed by atoms with Crippen LogP contribution in [0.2, 0.25) is 5.02 Å². The molecule has 126 valence electrons. The average molecular weight is 339 g/mol. The molecule has 0 aliphatic carbocycles. The molecule has 2 rings (SSSR count). The Labute approximate surface area is 141 Å². The Balaban J connectivity index is 1.95. The predicted molar refractivity (Wildman–Crippen MR) is 89.1 cm³/mol. The molecule has 0 saturated carbocycles. The molecule has 2 amide bonds. The number of halogens is 1. The maximum absolute atomic E-state index is 12.5. The van der Waals surface area contributed by atoms with Crippen LogP contribution in [0.4, 0.5) is 0 Å². The molecule has 1 aromatic rings. The SMILES string of the molecule is COCCN1C(=O)CC[C@@H](C(=O)NCc2ccccc2Cl)[C@H]1C. The number of carbonyl (C=O) groups is 2. The van der Waals surface area contributed by atoms with E-state index in [9.17, 15) is 9.59 Å². The number of piperidine rings is 1. The third kappa shape index (κ3) is 4.45. The molecule has 1 saturated heterocycles. The van der Waals surface area contributed by atoms with Crippen LogP contribution in [0.25, 0.3) is 0 Å². The van der Waals surface area contributed by atoms with E-state index < -0.39 is 0 Å². The average Bonchev–Trinajstić information content (AvgIpc) is 2.54. The van der Waals surface area contributed by atoms with Crippen molar-refractivity contribution in [2.24, 2.45) is 5.92 Å². The van der Waals surface area contributed by atoms with Crippen LogP contribution in [0.15, 0.2) is 24.3 Å². The van der Waals surface area contributed by atoms with Gasteiger partial charge in [-0.25, -0.2) is 0 Å². The molecule has 5 nitrogen and oxygen atoms in total. The van der Waals surface area contributed by atoms with Crippen LogP contribution in [0.3, 0.4) is 0 Å². The molecule has 1 aromatic carbocycles. The van der Waals surface area contributed by atoms with Crippen molar-refractivity contribution in [3.8, 4) is 0 Å². The van der Waals surface area contributed by atoms with E-state index in [-0.39, 0.29) is 23.8 Å². The maximum atomic E-state index is 12.5. The lowest BCUT2D eigenvalue weighted by Gasteiger charge is -2.38. The Morgan fingerprint density at radius 2 is 2.17 bits per heavy atom. The summed E-state index contributed by atoms with van der Waals surface area (Å²) >= 11 is 6.10. The van der Waals surface area contributed by atoms with Crippen molar-refractivity contribution in [3.63, 3.8) is 0 Å². The molecule has 0 spiro atoms. The number of ether oxygens (including phenoxy) is 1. The summed E-state index contributed by atoms with van der Waals surface area (Å²) in [6, 6.07) is 7.31. The van der Waals surface area contributed by atoms with Crippen molar-refractivity contribution >= 4 is 23.4 Å². The summed E-state index contributed by atoms with van der Waals surface area (Å²) in [5, 5.41) is 3.58. The van der Waals surface area contributed by atoms with Gasteiger partial charge in [-0.15, -0.1) is 0 Å². The van der Waals surface area contributed by atoms with Crippen LogP contribution in [-0.4, -0.2) is 43.0 Å². The second kappa shape index (κ2) is 8.31. The highest BCUT2D eigenvalue weighted by atomic mass is 35.5. The molecule has 0 radical (unpaired) electrons. The number of benzene rings is 1. The molecular weight excluding hydrogens is 316 g/mol. The van der Waals surface area contributed by atoms with E-state index in [4.69, 9.17) is 16.3 Å². The van der Waals surface area contributed by atoms with E-state index in [1.165, 1.54) is 0 Å². The second-order valence-corrected chi connectivity index (χ2v) is 6.18. The fourth-order valence-corrected chi connectivity index (χ4v) is 3.13. The van der Waals surface area contributed by atoms with Gasteiger partial charge in [-0.05, 0) is 25.0 Å². The first kappa shape index (κ1) is 17.8. The zero-order valence-electron chi connectivity index (χ0n) is 13.5. The number of likely N-dealkylation sites (tertiary alicyclic amines) is 1. The van der Waals surface area contributed by atoms with Gasteiger partial charge in [-0.3, -0.25) is 9.59 Å². The molecule has 1 fully saturated rings. The van der Waals surface area contributed by atoms with E-state index >= 15 is 0 Å². The number of hydrogen-bond donors (Lipinski definition) is 1. The van der Waals surface area contributed by atoms with Crippen molar-refractivity contribution < 1.29 is 14.3 Å². The normalized spacial score (nSPS) is 21.3. The highest BCUT2D eigenvalue weighted by molar-refractivity contribution is 6.31. The van der Waals surface area contributed by atoms with Crippen LogP contribution < -0.4 is 5.32 Å². The quantitative estimate of drug-likeness (QED) is 0.865. The largest absolute Gasteiger partial charge is 0.383 e. The van der Waals surface area contributed by atoms with Gasteiger partial charge in [0, 0.05) is 37.7 Å². The summed E-state index contributed by atoms with van der Waals surface area (Å²) in [5.74, 6) is -0.149. The smallest absolute Gasteiger partial charge is 0.225 e.